The molecular formula is C14H22O3S. The molecule has 0 bridgehead atoms. The molecule has 1 aromatic carbocycles. The lowest BCUT2D eigenvalue weighted by molar-refractivity contribution is 0.138. The molecule has 0 radical (unpaired) electrons. The summed E-state index contributed by atoms with van der Waals surface area (Å²) in [6.07, 6.45) is 0.142. The van der Waals surface area contributed by atoms with Crippen molar-refractivity contribution in [2.75, 3.05) is 6.26 Å². The molecule has 4 heteroatoms. The van der Waals surface area contributed by atoms with Gasteiger partial charge in [-0.15, -0.1) is 0 Å². The Balaban J connectivity index is 3.41. The van der Waals surface area contributed by atoms with Gasteiger partial charge in [-0.1, -0.05) is 17.7 Å². The molecule has 0 fully saturated rings. The fraction of sp³-hybridized carbons (Fsp3) is 0.571. The third-order valence-electron chi connectivity index (χ3n) is 3.63. The molecule has 0 aliphatic carbocycles. The summed E-state index contributed by atoms with van der Waals surface area (Å²) in [5.74, 6) is 0. The van der Waals surface area contributed by atoms with E-state index in [1.54, 1.807) is 13.8 Å². The van der Waals surface area contributed by atoms with Crippen molar-refractivity contribution in [1.29, 1.82) is 0 Å². The predicted molar refractivity (Wildman–Crippen MR) is 74.5 cm³/mol. The summed E-state index contributed by atoms with van der Waals surface area (Å²) >= 11 is 0. The molecule has 1 rings (SSSR count). The van der Waals surface area contributed by atoms with Gasteiger partial charge >= 0.3 is 0 Å². The van der Waals surface area contributed by atoms with Crippen LogP contribution in [0.2, 0.25) is 0 Å². The summed E-state index contributed by atoms with van der Waals surface area (Å²) in [7, 11) is -3.34. The molecule has 0 spiro atoms. The van der Waals surface area contributed by atoms with Crippen molar-refractivity contribution < 1.29 is 13.5 Å². The smallest absolute Gasteiger partial charge is 0.155 e. The molecule has 1 atom stereocenters. The predicted octanol–water partition coefficient (Wildman–Crippen LogP) is 2.47. The number of sulfone groups is 1. The van der Waals surface area contributed by atoms with E-state index < -0.39 is 20.7 Å². The summed E-state index contributed by atoms with van der Waals surface area (Å²) in [6, 6.07) is 3.92. The van der Waals surface area contributed by atoms with Gasteiger partial charge in [-0.25, -0.2) is 8.42 Å². The van der Waals surface area contributed by atoms with Gasteiger partial charge in [0.25, 0.3) is 0 Å². The first-order chi connectivity index (χ1) is 7.98. The fourth-order valence-corrected chi connectivity index (χ4v) is 2.70. The highest BCUT2D eigenvalue weighted by molar-refractivity contribution is 7.92. The van der Waals surface area contributed by atoms with E-state index >= 15 is 0 Å². The SMILES string of the molecule is Cc1cc(C)c(C(O)C(C)(C)S(C)(=O)=O)c(C)c1. The number of aliphatic hydroxyl groups is 1. The largest absolute Gasteiger partial charge is 0.387 e. The molecule has 18 heavy (non-hydrogen) atoms. The Hall–Kier alpha value is -0.870. The molecular weight excluding hydrogens is 248 g/mol. The minimum Gasteiger partial charge on any atom is -0.387 e. The summed E-state index contributed by atoms with van der Waals surface area (Å²) in [4.78, 5) is 0. The Bertz CT molecular complexity index is 533. The second kappa shape index (κ2) is 4.67. The topological polar surface area (TPSA) is 54.4 Å². The van der Waals surface area contributed by atoms with Crippen molar-refractivity contribution in [2.24, 2.45) is 0 Å². The van der Waals surface area contributed by atoms with Crippen molar-refractivity contribution in [1.82, 2.24) is 0 Å². The Morgan fingerprint density at radius 3 is 1.83 bits per heavy atom. The van der Waals surface area contributed by atoms with Gasteiger partial charge in [0.2, 0.25) is 0 Å². The zero-order valence-corrected chi connectivity index (χ0v) is 12.7. The van der Waals surface area contributed by atoms with Gasteiger partial charge < -0.3 is 5.11 Å². The number of rotatable bonds is 3. The molecule has 102 valence electrons. The van der Waals surface area contributed by atoms with Crippen LogP contribution in [-0.4, -0.2) is 24.5 Å². The average Bonchev–Trinajstić information content (AvgIpc) is 2.13. The molecule has 0 amide bonds. The van der Waals surface area contributed by atoms with Crippen molar-refractivity contribution in [3.63, 3.8) is 0 Å². The lowest BCUT2D eigenvalue weighted by Gasteiger charge is -2.31. The first-order valence-corrected chi connectivity index (χ1v) is 7.83. The quantitative estimate of drug-likeness (QED) is 0.918. The second-order valence-electron chi connectivity index (χ2n) is 5.59. The Morgan fingerprint density at radius 2 is 1.50 bits per heavy atom. The van der Waals surface area contributed by atoms with Gasteiger partial charge in [-0.3, -0.25) is 0 Å². The van der Waals surface area contributed by atoms with Crippen LogP contribution in [0.1, 0.15) is 42.2 Å². The van der Waals surface area contributed by atoms with Crippen LogP contribution in [0.15, 0.2) is 12.1 Å². The van der Waals surface area contributed by atoms with E-state index in [1.807, 2.05) is 32.9 Å². The van der Waals surface area contributed by atoms with E-state index in [1.165, 1.54) is 0 Å². The monoisotopic (exact) mass is 270 g/mol. The van der Waals surface area contributed by atoms with Crippen molar-refractivity contribution in [3.8, 4) is 0 Å². The van der Waals surface area contributed by atoms with Crippen LogP contribution < -0.4 is 0 Å². The summed E-state index contributed by atoms with van der Waals surface area (Å²) in [5.41, 5.74) is 3.68. The normalized spacial score (nSPS) is 14.6. The van der Waals surface area contributed by atoms with E-state index in [0.29, 0.717) is 0 Å². The highest BCUT2D eigenvalue weighted by atomic mass is 32.2. The molecule has 0 aliphatic heterocycles. The number of hydrogen-bond acceptors (Lipinski definition) is 3. The molecule has 3 nitrogen and oxygen atoms in total. The van der Waals surface area contributed by atoms with Gasteiger partial charge in [0.15, 0.2) is 9.84 Å². The van der Waals surface area contributed by atoms with Gasteiger partial charge in [0.1, 0.15) is 0 Å². The maximum absolute atomic E-state index is 11.8. The van der Waals surface area contributed by atoms with E-state index in [4.69, 9.17) is 0 Å². The average molecular weight is 270 g/mol. The van der Waals surface area contributed by atoms with Crippen LogP contribution in [0.25, 0.3) is 0 Å². The third kappa shape index (κ3) is 2.59. The maximum Gasteiger partial charge on any atom is 0.155 e. The second-order valence-corrected chi connectivity index (χ2v) is 8.19. The summed E-state index contributed by atoms with van der Waals surface area (Å²) < 4.78 is 22.4. The summed E-state index contributed by atoms with van der Waals surface area (Å²) in [6.45, 7) is 8.91. The lowest BCUT2D eigenvalue weighted by atomic mass is 9.90. The Morgan fingerprint density at radius 1 is 1.11 bits per heavy atom. The van der Waals surface area contributed by atoms with Crippen LogP contribution in [-0.2, 0) is 9.84 Å². The minimum absolute atomic E-state index is 0.719. The fourth-order valence-electron chi connectivity index (χ4n) is 2.17. The number of aryl methyl sites for hydroxylation is 3. The zero-order valence-electron chi connectivity index (χ0n) is 11.9. The molecule has 1 aromatic rings. The third-order valence-corrected chi connectivity index (χ3v) is 5.76. The Labute approximate surface area is 110 Å². The number of aliphatic hydroxyl groups excluding tert-OH is 1. The first-order valence-electron chi connectivity index (χ1n) is 5.94. The van der Waals surface area contributed by atoms with Gasteiger partial charge in [-0.05, 0) is 51.3 Å². The minimum atomic E-state index is -3.34. The molecule has 0 aliphatic rings. The van der Waals surface area contributed by atoms with E-state index in [0.717, 1.165) is 28.5 Å². The molecule has 1 unspecified atom stereocenters. The molecule has 0 saturated carbocycles. The summed E-state index contributed by atoms with van der Waals surface area (Å²) in [5, 5.41) is 10.5. The van der Waals surface area contributed by atoms with Crippen LogP contribution >= 0.6 is 0 Å². The molecule has 0 saturated heterocycles. The Kier molecular flexibility index (Phi) is 3.94. The van der Waals surface area contributed by atoms with Crippen LogP contribution in [0.3, 0.4) is 0 Å². The van der Waals surface area contributed by atoms with Gasteiger partial charge in [0.05, 0.1) is 10.9 Å². The van der Waals surface area contributed by atoms with Crippen molar-refractivity contribution in [3.05, 3.63) is 34.4 Å². The van der Waals surface area contributed by atoms with Crippen molar-refractivity contribution in [2.45, 2.75) is 45.5 Å². The standard InChI is InChI=1S/C14H22O3S/c1-9-7-10(2)12(11(3)8-9)13(15)14(4,5)18(6,16)17/h7-8,13,15H,1-6H3. The van der Waals surface area contributed by atoms with Crippen molar-refractivity contribution >= 4 is 9.84 Å². The number of benzene rings is 1. The number of hydrogen-bond donors (Lipinski definition) is 1. The highest BCUT2D eigenvalue weighted by Crippen LogP contribution is 2.35. The van der Waals surface area contributed by atoms with E-state index in [2.05, 4.69) is 0 Å². The molecule has 0 aromatic heterocycles. The van der Waals surface area contributed by atoms with E-state index in [9.17, 15) is 13.5 Å². The molecule has 1 N–H and O–H groups in total. The first kappa shape index (κ1) is 15.2. The van der Waals surface area contributed by atoms with Crippen LogP contribution in [0.4, 0.5) is 0 Å². The van der Waals surface area contributed by atoms with E-state index in [-0.39, 0.29) is 0 Å². The van der Waals surface area contributed by atoms with Crippen LogP contribution in [0.5, 0.6) is 0 Å². The highest BCUT2D eigenvalue weighted by Gasteiger charge is 2.40. The van der Waals surface area contributed by atoms with Gasteiger partial charge in [0, 0.05) is 6.26 Å². The maximum atomic E-state index is 11.8. The van der Waals surface area contributed by atoms with Gasteiger partial charge in [-0.2, -0.15) is 0 Å². The molecule has 0 heterocycles. The zero-order chi connectivity index (χ0) is 14.3. The van der Waals surface area contributed by atoms with Crippen LogP contribution in [0, 0.1) is 20.8 Å². The lowest BCUT2D eigenvalue weighted by Crippen LogP contribution is -2.38.